The molecule has 4 heteroatoms. The maximum Gasteiger partial charge on any atom is 0.105 e. The molecule has 0 aromatic carbocycles. The SMILES string of the molecule is CC(NCC1(O)CCOC1C)C1CCN(C)CC1. The predicted octanol–water partition coefficient (Wildman–Crippen LogP) is 0.846. The van der Waals surface area contributed by atoms with E-state index in [1.165, 1.54) is 25.9 Å². The van der Waals surface area contributed by atoms with Gasteiger partial charge < -0.3 is 20.1 Å². The number of nitrogens with one attached hydrogen (secondary N) is 1. The number of likely N-dealkylation sites (tertiary alicyclic amines) is 1. The molecule has 3 atom stereocenters. The van der Waals surface area contributed by atoms with Crippen molar-refractivity contribution in [1.82, 2.24) is 10.2 Å². The lowest BCUT2D eigenvalue weighted by Gasteiger charge is -2.35. The van der Waals surface area contributed by atoms with E-state index >= 15 is 0 Å². The Morgan fingerprint density at radius 2 is 2.11 bits per heavy atom. The van der Waals surface area contributed by atoms with Gasteiger partial charge in [0.2, 0.25) is 0 Å². The molecule has 2 fully saturated rings. The van der Waals surface area contributed by atoms with Crippen LogP contribution in [0.25, 0.3) is 0 Å². The van der Waals surface area contributed by atoms with Crippen molar-refractivity contribution in [2.24, 2.45) is 5.92 Å². The van der Waals surface area contributed by atoms with Crippen LogP contribution < -0.4 is 5.32 Å². The summed E-state index contributed by atoms with van der Waals surface area (Å²) < 4.78 is 5.46. The van der Waals surface area contributed by atoms with E-state index < -0.39 is 5.60 Å². The van der Waals surface area contributed by atoms with Crippen LogP contribution in [0.1, 0.15) is 33.1 Å². The average molecular weight is 256 g/mol. The van der Waals surface area contributed by atoms with Gasteiger partial charge in [-0.2, -0.15) is 0 Å². The molecule has 4 nitrogen and oxygen atoms in total. The summed E-state index contributed by atoms with van der Waals surface area (Å²) in [6.45, 7) is 7.94. The van der Waals surface area contributed by atoms with Gasteiger partial charge in [-0.25, -0.2) is 0 Å². The summed E-state index contributed by atoms with van der Waals surface area (Å²) in [6, 6.07) is 0.482. The van der Waals surface area contributed by atoms with Crippen molar-refractivity contribution in [2.75, 3.05) is 33.3 Å². The second-order valence-corrected chi connectivity index (χ2v) is 6.18. The van der Waals surface area contributed by atoms with Crippen LogP contribution in [-0.2, 0) is 4.74 Å². The summed E-state index contributed by atoms with van der Waals surface area (Å²) in [5.41, 5.74) is -0.667. The quantitative estimate of drug-likeness (QED) is 0.782. The molecule has 2 heterocycles. The second-order valence-electron chi connectivity index (χ2n) is 6.18. The van der Waals surface area contributed by atoms with Crippen molar-refractivity contribution in [1.29, 1.82) is 0 Å². The van der Waals surface area contributed by atoms with Crippen molar-refractivity contribution in [2.45, 2.75) is 50.9 Å². The van der Waals surface area contributed by atoms with Crippen LogP contribution >= 0.6 is 0 Å². The van der Waals surface area contributed by atoms with Crippen LogP contribution in [-0.4, -0.2) is 61.0 Å². The highest BCUT2D eigenvalue weighted by molar-refractivity contribution is 4.93. The van der Waals surface area contributed by atoms with Gasteiger partial charge in [0.1, 0.15) is 5.60 Å². The largest absolute Gasteiger partial charge is 0.386 e. The van der Waals surface area contributed by atoms with E-state index in [0.29, 0.717) is 19.2 Å². The molecule has 3 unspecified atom stereocenters. The Morgan fingerprint density at radius 1 is 1.44 bits per heavy atom. The number of ether oxygens (including phenoxy) is 1. The maximum absolute atomic E-state index is 10.5. The predicted molar refractivity (Wildman–Crippen MR) is 72.7 cm³/mol. The molecule has 0 aromatic heterocycles. The first-order valence-corrected chi connectivity index (χ1v) is 7.27. The highest BCUT2D eigenvalue weighted by Gasteiger charge is 2.39. The lowest BCUT2D eigenvalue weighted by molar-refractivity contribution is -0.0288. The average Bonchev–Trinajstić information content (AvgIpc) is 2.68. The van der Waals surface area contributed by atoms with Crippen molar-refractivity contribution in [3.8, 4) is 0 Å². The molecule has 0 amide bonds. The second kappa shape index (κ2) is 5.87. The topological polar surface area (TPSA) is 44.7 Å². The number of aliphatic hydroxyl groups is 1. The number of rotatable bonds is 4. The summed E-state index contributed by atoms with van der Waals surface area (Å²) in [4.78, 5) is 2.39. The number of hydrogen-bond donors (Lipinski definition) is 2. The van der Waals surface area contributed by atoms with Gasteiger partial charge in [0.05, 0.1) is 6.10 Å². The third-order valence-electron chi connectivity index (χ3n) is 4.86. The number of nitrogens with zero attached hydrogens (tertiary/aromatic N) is 1. The van der Waals surface area contributed by atoms with Gasteiger partial charge in [0.15, 0.2) is 0 Å². The molecule has 106 valence electrons. The van der Waals surface area contributed by atoms with Crippen molar-refractivity contribution in [3.63, 3.8) is 0 Å². The van der Waals surface area contributed by atoms with Crippen LogP contribution in [0.4, 0.5) is 0 Å². The molecule has 2 N–H and O–H groups in total. The normalized spacial score (nSPS) is 37.0. The first-order valence-electron chi connectivity index (χ1n) is 7.27. The van der Waals surface area contributed by atoms with Crippen LogP contribution in [0, 0.1) is 5.92 Å². The fraction of sp³-hybridized carbons (Fsp3) is 1.00. The van der Waals surface area contributed by atoms with E-state index in [-0.39, 0.29) is 6.10 Å². The molecular formula is C14H28N2O2. The Kier molecular flexibility index (Phi) is 4.64. The molecule has 2 rings (SSSR count). The Morgan fingerprint density at radius 3 is 2.67 bits per heavy atom. The molecular weight excluding hydrogens is 228 g/mol. The van der Waals surface area contributed by atoms with Gasteiger partial charge in [-0.3, -0.25) is 0 Å². The molecule has 2 saturated heterocycles. The van der Waals surface area contributed by atoms with E-state index in [4.69, 9.17) is 4.74 Å². The third-order valence-corrected chi connectivity index (χ3v) is 4.86. The van der Waals surface area contributed by atoms with E-state index in [1.54, 1.807) is 0 Å². The molecule has 0 spiro atoms. The summed E-state index contributed by atoms with van der Waals surface area (Å²) >= 11 is 0. The zero-order valence-corrected chi connectivity index (χ0v) is 12.0. The van der Waals surface area contributed by atoms with E-state index in [2.05, 4.69) is 24.2 Å². The van der Waals surface area contributed by atoms with Gasteiger partial charge in [-0.05, 0) is 52.7 Å². The molecule has 2 aliphatic rings. The van der Waals surface area contributed by atoms with Crippen LogP contribution in [0.5, 0.6) is 0 Å². The van der Waals surface area contributed by atoms with Crippen LogP contribution in [0.2, 0.25) is 0 Å². The lowest BCUT2D eigenvalue weighted by atomic mass is 9.89. The maximum atomic E-state index is 10.5. The van der Waals surface area contributed by atoms with E-state index in [0.717, 1.165) is 12.3 Å². The van der Waals surface area contributed by atoms with Crippen LogP contribution in [0.15, 0.2) is 0 Å². The zero-order valence-electron chi connectivity index (χ0n) is 12.0. The molecule has 2 aliphatic heterocycles. The lowest BCUT2D eigenvalue weighted by Crippen LogP contribution is -2.50. The highest BCUT2D eigenvalue weighted by atomic mass is 16.5. The van der Waals surface area contributed by atoms with E-state index in [1.807, 2.05) is 6.92 Å². The highest BCUT2D eigenvalue weighted by Crippen LogP contribution is 2.26. The molecule has 0 aliphatic carbocycles. The third kappa shape index (κ3) is 3.23. The minimum Gasteiger partial charge on any atom is -0.386 e. The fourth-order valence-corrected chi connectivity index (χ4v) is 3.04. The minimum atomic E-state index is -0.667. The Labute approximate surface area is 111 Å². The molecule has 0 bridgehead atoms. The summed E-state index contributed by atoms with van der Waals surface area (Å²) in [7, 11) is 2.19. The van der Waals surface area contributed by atoms with Crippen molar-refractivity contribution >= 4 is 0 Å². The van der Waals surface area contributed by atoms with Gasteiger partial charge in [-0.15, -0.1) is 0 Å². The Bertz CT molecular complexity index is 267. The Balaban J connectivity index is 1.76. The molecule has 0 saturated carbocycles. The van der Waals surface area contributed by atoms with Gasteiger partial charge in [0.25, 0.3) is 0 Å². The summed E-state index contributed by atoms with van der Waals surface area (Å²) in [5, 5.41) is 14.0. The molecule has 0 aromatic rings. The van der Waals surface area contributed by atoms with Gasteiger partial charge in [-0.1, -0.05) is 0 Å². The number of hydrogen-bond acceptors (Lipinski definition) is 4. The molecule has 18 heavy (non-hydrogen) atoms. The van der Waals surface area contributed by atoms with Crippen LogP contribution in [0.3, 0.4) is 0 Å². The minimum absolute atomic E-state index is 0.0466. The summed E-state index contributed by atoms with van der Waals surface area (Å²) in [6.07, 6.45) is 3.22. The van der Waals surface area contributed by atoms with Crippen molar-refractivity contribution < 1.29 is 9.84 Å². The number of piperidine rings is 1. The van der Waals surface area contributed by atoms with Gasteiger partial charge in [0, 0.05) is 25.6 Å². The first-order chi connectivity index (χ1) is 8.51. The fourth-order valence-electron chi connectivity index (χ4n) is 3.04. The first kappa shape index (κ1) is 14.3. The van der Waals surface area contributed by atoms with Crippen molar-refractivity contribution in [3.05, 3.63) is 0 Å². The molecule has 0 radical (unpaired) electrons. The monoisotopic (exact) mass is 256 g/mol. The zero-order chi connectivity index (χ0) is 13.2. The Hall–Kier alpha value is -0.160. The standard InChI is InChI=1S/C14H28N2O2/c1-11(13-4-7-16(3)8-5-13)15-10-14(17)6-9-18-12(14)2/h11-13,15,17H,4-10H2,1-3H3. The summed E-state index contributed by atoms with van der Waals surface area (Å²) in [5.74, 6) is 0.738. The van der Waals surface area contributed by atoms with Gasteiger partial charge >= 0.3 is 0 Å². The smallest absolute Gasteiger partial charge is 0.105 e. The van der Waals surface area contributed by atoms with E-state index in [9.17, 15) is 5.11 Å².